The molecule has 1 saturated carbocycles. The molecule has 0 aromatic carbocycles. The average molecular weight is 413 g/mol. The molecule has 0 bridgehead atoms. The first kappa shape index (κ1) is 28.2. The molecule has 168 valence electrons. The van der Waals surface area contributed by atoms with Crippen LogP contribution in [0.5, 0.6) is 0 Å². The van der Waals surface area contributed by atoms with Crippen molar-refractivity contribution in [3.63, 3.8) is 0 Å². The average Bonchev–Trinajstić information content (AvgIpc) is 3.04. The van der Waals surface area contributed by atoms with E-state index in [1.807, 2.05) is 20.8 Å². The van der Waals surface area contributed by atoms with Crippen molar-refractivity contribution in [3.8, 4) is 11.8 Å². The highest BCUT2D eigenvalue weighted by Gasteiger charge is 2.28. The molecule has 0 heterocycles. The lowest BCUT2D eigenvalue weighted by Gasteiger charge is -2.16. The second kappa shape index (κ2) is 16.0. The van der Waals surface area contributed by atoms with Crippen LogP contribution in [0.2, 0.25) is 0 Å². The van der Waals surface area contributed by atoms with Crippen molar-refractivity contribution < 1.29 is 4.39 Å². The van der Waals surface area contributed by atoms with Gasteiger partial charge in [-0.1, -0.05) is 89.0 Å². The molecule has 0 N–H and O–H groups in total. The van der Waals surface area contributed by atoms with Crippen LogP contribution in [0.4, 0.5) is 4.39 Å². The zero-order chi connectivity index (χ0) is 21.6. The number of hydrogen-bond donors (Lipinski definition) is 0. The van der Waals surface area contributed by atoms with E-state index >= 15 is 0 Å². The molecule has 0 amide bonds. The van der Waals surface area contributed by atoms with Gasteiger partial charge < -0.3 is 0 Å². The van der Waals surface area contributed by atoms with E-state index in [0.717, 1.165) is 43.3 Å². The van der Waals surface area contributed by atoms with Gasteiger partial charge in [0.05, 0.1) is 0 Å². The lowest BCUT2D eigenvalue weighted by atomic mass is 9.88. The van der Waals surface area contributed by atoms with Gasteiger partial charge in [0.15, 0.2) is 0 Å². The fourth-order valence-electron chi connectivity index (χ4n) is 4.02. The third kappa shape index (κ3) is 10.8. The Bertz CT molecular complexity index is 677. The Morgan fingerprint density at radius 2 is 2.03 bits per heavy atom. The summed E-state index contributed by atoms with van der Waals surface area (Å²) in [6, 6.07) is 0. The summed E-state index contributed by atoms with van der Waals surface area (Å²) in [5.74, 6) is 8.31. The van der Waals surface area contributed by atoms with Gasteiger partial charge in [0.2, 0.25) is 0 Å². The van der Waals surface area contributed by atoms with Gasteiger partial charge in [-0.2, -0.15) is 0 Å². The van der Waals surface area contributed by atoms with E-state index in [9.17, 15) is 4.39 Å². The van der Waals surface area contributed by atoms with Crippen LogP contribution in [-0.4, -0.2) is 0 Å². The van der Waals surface area contributed by atoms with Gasteiger partial charge in [-0.3, -0.25) is 0 Å². The van der Waals surface area contributed by atoms with Crippen LogP contribution in [0.25, 0.3) is 0 Å². The van der Waals surface area contributed by atoms with Crippen LogP contribution in [-0.2, 0) is 0 Å². The summed E-state index contributed by atoms with van der Waals surface area (Å²) in [7, 11) is 0. The Balaban J connectivity index is 0.00000272. The van der Waals surface area contributed by atoms with E-state index in [1.54, 1.807) is 6.08 Å². The van der Waals surface area contributed by atoms with E-state index in [0.29, 0.717) is 18.3 Å². The maximum Gasteiger partial charge on any atom is 0.100 e. The summed E-state index contributed by atoms with van der Waals surface area (Å²) in [6.07, 6.45) is 17.5. The molecule has 1 fully saturated rings. The van der Waals surface area contributed by atoms with Crippen molar-refractivity contribution in [2.24, 2.45) is 17.8 Å². The number of unbranched alkanes of at least 4 members (excludes halogenated alkanes) is 2. The van der Waals surface area contributed by atoms with Crippen molar-refractivity contribution in [3.05, 3.63) is 60.0 Å². The van der Waals surface area contributed by atoms with E-state index in [-0.39, 0.29) is 19.2 Å². The molecule has 3 unspecified atom stereocenters. The fraction of sp³-hybridized carbons (Fsp3) is 0.586. The second-order valence-electron chi connectivity index (χ2n) is 8.25. The molecule has 2 aliphatic carbocycles. The lowest BCUT2D eigenvalue weighted by Crippen LogP contribution is -2.08. The van der Waals surface area contributed by atoms with Gasteiger partial charge in [-0.15, -0.1) is 0 Å². The Morgan fingerprint density at radius 3 is 2.70 bits per heavy atom. The maximum atomic E-state index is 13.4. The molecule has 30 heavy (non-hydrogen) atoms. The quantitative estimate of drug-likeness (QED) is 0.161. The summed E-state index contributed by atoms with van der Waals surface area (Å²) in [5.41, 5.74) is 3.61. The summed E-state index contributed by atoms with van der Waals surface area (Å²) in [6.45, 7) is 16.4. The molecule has 0 aromatic rings. The Labute approximate surface area is 187 Å². The zero-order valence-corrected chi connectivity index (χ0v) is 19.2. The number of hydrogen-bond acceptors (Lipinski definition) is 0. The standard InChI is InChI=1S/C26H35F.C2H6.CH4/c1-20(2)10-7-5-6-8-13-26-22(4)15-17-24(26)16-14-21(3)18-23-11-9-12-25(27)19-23;1-2;/h7,10-11,19,21,24,26H,1,4-6,8-9,12-13,15,17-18H2,2-3H3;1-2H3;1H4/b10-7+;;. The van der Waals surface area contributed by atoms with Crippen molar-refractivity contribution >= 4 is 0 Å². The Hall–Kier alpha value is -1.81. The highest BCUT2D eigenvalue weighted by atomic mass is 19.1. The van der Waals surface area contributed by atoms with Crippen LogP contribution < -0.4 is 0 Å². The van der Waals surface area contributed by atoms with E-state index < -0.39 is 0 Å². The normalized spacial score (nSPS) is 21.4. The molecule has 0 nitrogen and oxygen atoms in total. The largest absolute Gasteiger partial charge is 0.212 e. The second-order valence-corrected chi connectivity index (χ2v) is 8.25. The van der Waals surface area contributed by atoms with E-state index in [4.69, 9.17) is 0 Å². The van der Waals surface area contributed by atoms with Gasteiger partial charge in [0.25, 0.3) is 0 Å². The summed E-state index contributed by atoms with van der Waals surface area (Å²) in [4.78, 5) is 0. The van der Waals surface area contributed by atoms with E-state index in [1.165, 1.54) is 24.8 Å². The predicted octanol–water partition coefficient (Wildman–Crippen LogP) is 9.53. The monoisotopic (exact) mass is 412 g/mol. The van der Waals surface area contributed by atoms with Gasteiger partial charge >= 0.3 is 0 Å². The zero-order valence-electron chi connectivity index (χ0n) is 19.2. The minimum atomic E-state index is 0. The van der Waals surface area contributed by atoms with Crippen molar-refractivity contribution in [2.45, 2.75) is 92.9 Å². The Morgan fingerprint density at radius 1 is 1.30 bits per heavy atom. The smallest absolute Gasteiger partial charge is 0.100 e. The molecule has 2 aliphatic rings. The van der Waals surface area contributed by atoms with Crippen molar-refractivity contribution in [1.29, 1.82) is 0 Å². The molecular formula is C29H45F. The van der Waals surface area contributed by atoms with Gasteiger partial charge in [0, 0.05) is 18.3 Å². The SMILES string of the molecule is C.C=C(C)/C=C/CCCCC1C(=C)CCC1C#CC(C)CC1=CCCC(F)=C1.CC. The van der Waals surface area contributed by atoms with Crippen LogP contribution in [0.15, 0.2) is 60.0 Å². The molecule has 3 atom stereocenters. The molecular weight excluding hydrogens is 367 g/mol. The molecule has 2 rings (SSSR count). The van der Waals surface area contributed by atoms with E-state index in [2.05, 4.69) is 50.2 Å². The minimum Gasteiger partial charge on any atom is -0.212 e. The van der Waals surface area contributed by atoms with Crippen molar-refractivity contribution in [2.75, 3.05) is 0 Å². The third-order valence-electron chi connectivity index (χ3n) is 5.51. The van der Waals surface area contributed by atoms with Crippen molar-refractivity contribution in [1.82, 2.24) is 0 Å². The highest BCUT2D eigenvalue weighted by molar-refractivity contribution is 5.27. The molecule has 1 heteroatoms. The van der Waals surface area contributed by atoms with Gasteiger partial charge in [0.1, 0.15) is 5.83 Å². The highest BCUT2D eigenvalue weighted by Crippen LogP contribution is 2.38. The summed E-state index contributed by atoms with van der Waals surface area (Å²) >= 11 is 0. The van der Waals surface area contributed by atoms with Gasteiger partial charge in [-0.05, 0) is 69.4 Å². The van der Waals surface area contributed by atoms with Crippen LogP contribution in [0.1, 0.15) is 92.9 Å². The first-order valence-electron chi connectivity index (χ1n) is 11.5. The summed E-state index contributed by atoms with van der Waals surface area (Å²) in [5, 5.41) is 0. The predicted molar refractivity (Wildman–Crippen MR) is 134 cm³/mol. The maximum absolute atomic E-state index is 13.4. The third-order valence-corrected chi connectivity index (χ3v) is 5.51. The number of allylic oxidation sites excluding steroid dienone is 8. The molecule has 0 aromatic heterocycles. The minimum absolute atomic E-state index is 0. The first-order chi connectivity index (χ1) is 14.0. The van der Waals surface area contributed by atoms with Crippen LogP contribution in [0, 0.1) is 29.6 Å². The van der Waals surface area contributed by atoms with Crippen LogP contribution in [0.3, 0.4) is 0 Å². The molecule has 0 radical (unpaired) electrons. The lowest BCUT2D eigenvalue weighted by molar-refractivity contribution is 0.463. The number of rotatable bonds is 8. The topological polar surface area (TPSA) is 0 Å². The fourth-order valence-corrected chi connectivity index (χ4v) is 4.02. The molecule has 0 spiro atoms. The first-order valence-corrected chi connectivity index (χ1v) is 11.5. The Kier molecular flexibility index (Phi) is 15.0. The summed E-state index contributed by atoms with van der Waals surface area (Å²) < 4.78 is 13.4. The molecule has 0 aliphatic heterocycles. The molecule has 0 saturated heterocycles. The number of halogens is 1. The van der Waals surface area contributed by atoms with Crippen LogP contribution >= 0.6 is 0 Å². The van der Waals surface area contributed by atoms with Gasteiger partial charge in [-0.25, -0.2) is 4.39 Å².